The van der Waals surface area contributed by atoms with Gasteiger partial charge in [0.15, 0.2) is 11.5 Å². The van der Waals surface area contributed by atoms with Crippen molar-refractivity contribution in [2.24, 2.45) is 5.92 Å². The SMILES string of the molecule is COC(=O)C1CCN(c2ccc3nnc(-c4cccc(C)c4)n3n2)CC1. The van der Waals surface area contributed by atoms with E-state index >= 15 is 0 Å². The van der Waals surface area contributed by atoms with Gasteiger partial charge in [0.25, 0.3) is 0 Å². The fourth-order valence-electron chi connectivity index (χ4n) is 3.42. The number of rotatable bonds is 3. The van der Waals surface area contributed by atoms with Gasteiger partial charge in [-0.1, -0.05) is 23.8 Å². The van der Waals surface area contributed by atoms with Crippen LogP contribution in [0.5, 0.6) is 0 Å². The molecule has 0 bridgehead atoms. The Labute approximate surface area is 151 Å². The number of aromatic nitrogens is 4. The number of aryl methyl sites for hydroxylation is 1. The van der Waals surface area contributed by atoms with Crippen molar-refractivity contribution in [3.05, 3.63) is 42.0 Å². The maximum Gasteiger partial charge on any atom is 0.308 e. The van der Waals surface area contributed by atoms with Crippen molar-refractivity contribution in [1.82, 2.24) is 19.8 Å². The molecule has 3 aromatic rings. The molecule has 4 rings (SSSR count). The molecule has 0 N–H and O–H groups in total. The van der Waals surface area contributed by atoms with Gasteiger partial charge in [0, 0.05) is 18.7 Å². The molecule has 26 heavy (non-hydrogen) atoms. The summed E-state index contributed by atoms with van der Waals surface area (Å²) < 4.78 is 6.65. The van der Waals surface area contributed by atoms with Gasteiger partial charge in [0.1, 0.15) is 5.82 Å². The number of esters is 1. The Morgan fingerprint density at radius 3 is 2.69 bits per heavy atom. The molecular formula is C19H21N5O2. The Kier molecular flexibility index (Phi) is 4.28. The van der Waals surface area contributed by atoms with Gasteiger partial charge in [-0.25, -0.2) is 0 Å². The standard InChI is InChI=1S/C19H21N5O2/c1-13-4-3-5-15(12-13)18-21-20-16-6-7-17(22-24(16)18)23-10-8-14(9-11-23)19(25)26-2/h3-7,12,14H,8-11H2,1-2H3. The Balaban J connectivity index is 1.62. The summed E-state index contributed by atoms with van der Waals surface area (Å²) in [6, 6.07) is 12.0. The third-order valence-electron chi connectivity index (χ3n) is 4.88. The highest BCUT2D eigenvalue weighted by Gasteiger charge is 2.26. The lowest BCUT2D eigenvalue weighted by molar-refractivity contribution is -0.146. The van der Waals surface area contributed by atoms with Crippen molar-refractivity contribution in [2.75, 3.05) is 25.1 Å². The van der Waals surface area contributed by atoms with Crippen molar-refractivity contribution in [2.45, 2.75) is 19.8 Å². The number of hydrogen-bond acceptors (Lipinski definition) is 6. The van der Waals surface area contributed by atoms with E-state index in [9.17, 15) is 4.79 Å². The zero-order chi connectivity index (χ0) is 18.1. The van der Waals surface area contributed by atoms with Crippen molar-refractivity contribution < 1.29 is 9.53 Å². The molecule has 7 heteroatoms. The maximum atomic E-state index is 11.7. The van der Waals surface area contributed by atoms with Gasteiger partial charge in [-0.05, 0) is 38.0 Å². The fraction of sp³-hybridized carbons (Fsp3) is 0.368. The molecule has 134 valence electrons. The summed E-state index contributed by atoms with van der Waals surface area (Å²) >= 11 is 0. The molecule has 1 fully saturated rings. The molecule has 0 saturated carbocycles. The first-order valence-electron chi connectivity index (χ1n) is 8.78. The first kappa shape index (κ1) is 16.5. The second kappa shape index (κ2) is 6.74. The van der Waals surface area contributed by atoms with Crippen LogP contribution in [-0.4, -0.2) is 46.0 Å². The Morgan fingerprint density at radius 2 is 1.96 bits per heavy atom. The first-order chi connectivity index (χ1) is 12.7. The van der Waals surface area contributed by atoms with Crippen LogP contribution in [0.2, 0.25) is 0 Å². The summed E-state index contributed by atoms with van der Waals surface area (Å²) in [5.41, 5.74) is 2.88. The first-order valence-corrected chi connectivity index (χ1v) is 8.78. The lowest BCUT2D eigenvalue weighted by atomic mass is 9.97. The number of carbonyl (C=O) groups is 1. The second-order valence-electron chi connectivity index (χ2n) is 6.64. The topological polar surface area (TPSA) is 72.6 Å². The van der Waals surface area contributed by atoms with Crippen molar-refractivity contribution in [1.29, 1.82) is 0 Å². The van der Waals surface area contributed by atoms with Gasteiger partial charge in [0.05, 0.1) is 13.0 Å². The number of carbonyl (C=O) groups excluding carboxylic acids is 1. The predicted octanol–water partition coefficient (Wildman–Crippen LogP) is 2.49. The average molecular weight is 351 g/mol. The van der Waals surface area contributed by atoms with Crippen LogP contribution in [0.1, 0.15) is 18.4 Å². The molecule has 2 aromatic heterocycles. The van der Waals surface area contributed by atoms with Gasteiger partial charge in [0.2, 0.25) is 0 Å². The second-order valence-corrected chi connectivity index (χ2v) is 6.64. The van der Waals surface area contributed by atoms with Gasteiger partial charge in [-0.2, -0.15) is 4.52 Å². The van der Waals surface area contributed by atoms with E-state index in [0.717, 1.165) is 48.8 Å². The van der Waals surface area contributed by atoms with Gasteiger partial charge >= 0.3 is 5.97 Å². The summed E-state index contributed by atoms with van der Waals surface area (Å²) in [5, 5.41) is 13.3. The lowest BCUT2D eigenvalue weighted by Crippen LogP contribution is -2.37. The van der Waals surface area contributed by atoms with Gasteiger partial charge in [-0.15, -0.1) is 15.3 Å². The minimum Gasteiger partial charge on any atom is -0.469 e. The summed E-state index contributed by atoms with van der Waals surface area (Å²) in [4.78, 5) is 13.9. The molecule has 7 nitrogen and oxygen atoms in total. The number of benzene rings is 1. The zero-order valence-corrected chi connectivity index (χ0v) is 14.9. The van der Waals surface area contributed by atoms with E-state index < -0.39 is 0 Å². The highest BCUT2D eigenvalue weighted by Crippen LogP contribution is 2.24. The van der Waals surface area contributed by atoms with Crippen molar-refractivity contribution >= 4 is 17.4 Å². The number of nitrogens with zero attached hydrogens (tertiary/aromatic N) is 5. The lowest BCUT2D eigenvalue weighted by Gasteiger charge is -2.31. The van der Waals surface area contributed by atoms with E-state index in [2.05, 4.69) is 34.2 Å². The predicted molar refractivity (Wildman–Crippen MR) is 97.9 cm³/mol. The maximum absolute atomic E-state index is 11.7. The van der Waals surface area contributed by atoms with Crippen LogP contribution in [0.3, 0.4) is 0 Å². The molecule has 0 spiro atoms. The van der Waals surface area contributed by atoms with Gasteiger partial charge < -0.3 is 9.64 Å². The largest absolute Gasteiger partial charge is 0.469 e. The van der Waals surface area contributed by atoms with Crippen LogP contribution in [-0.2, 0) is 9.53 Å². The fourth-order valence-corrected chi connectivity index (χ4v) is 3.42. The highest BCUT2D eigenvalue weighted by molar-refractivity contribution is 5.72. The van der Waals surface area contributed by atoms with Crippen LogP contribution in [0, 0.1) is 12.8 Å². The van der Waals surface area contributed by atoms with E-state index in [1.165, 1.54) is 12.7 Å². The number of fused-ring (bicyclic) bond motifs is 1. The van der Waals surface area contributed by atoms with Crippen molar-refractivity contribution in [3.63, 3.8) is 0 Å². The van der Waals surface area contributed by atoms with E-state index in [1.807, 2.05) is 24.3 Å². The zero-order valence-electron chi connectivity index (χ0n) is 14.9. The molecule has 1 aliphatic rings. The van der Waals surface area contributed by atoms with E-state index in [4.69, 9.17) is 9.84 Å². The quantitative estimate of drug-likeness (QED) is 0.675. The van der Waals surface area contributed by atoms with E-state index in [-0.39, 0.29) is 11.9 Å². The summed E-state index contributed by atoms with van der Waals surface area (Å²) in [6.07, 6.45) is 1.55. The monoisotopic (exact) mass is 351 g/mol. The molecule has 0 aliphatic carbocycles. The van der Waals surface area contributed by atoms with Crippen LogP contribution in [0.25, 0.3) is 17.0 Å². The molecule has 1 aromatic carbocycles. The van der Waals surface area contributed by atoms with Crippen LogP contribution >= 0.6 is 0 Å². The Bertz CT molecular complexity index is 944. The molecule has 0 atom stereocenters. The molecule has 1 aliphatic heterocycles. The number of hydrogen-bond donors (Lipinski definition) is 0. The summed E-state index contributed by atoms with van der Waals surface area (Å²) in [7, 11) is 1.45. The van der Waals surface area contributed by atoms with E-state index in [1.54, 1.807) is 4.52 Å². The Hall–Kier alpha value is -2.96. The minimum absolute atomic E-state index is 0.0160. The van der Waals surface area contributed by atoms with Crippen LogP contribution in [0.15, 0.2) is 36.4 Å². The summed E-state index contributed by atoms with van der Waals surface area (Å²) in [5.74, 6) is 1.47. The Morgan fingerprint density at radius 1 is 1.15 bits per heavy atom. The smallest absolute Gasteiger partial charge is 0.308 e. The van der Waals surface area contributed by atoms with E-state index in [0.29, 0.717) is 0 Å². The molecule has 0 unspecified atom stereocenters. The highest BCUT2D eigenvalue weighted by atomic mass is 16.5. The minimum atomic E-state index is -0.117. The number of piperidine rings is 1. The molecule has 1 saturated heterocycles. The van der Waals surface area contributed by atoms with Gasteiger partial charge in [-0.3, -0.25) is 4.79 Å². The van der Waals surface area contributed by atoms with Crippen molar-refractivity contribution in [3.8, 4) is 11.4 Å². The summed E-state index contributed by atoms with van der Waals surface area (Å²) in [6.45, 7) is 3.61. The van der Waals surface area contributed by atoms with Crippen LogP contribution < -0.4 is 4.90 Å². The number of anilines is 1. The van der Waals surface area contributed by atoms with Crippen LogP contribution in [0.4, 0.5) is 5.82 Å². The number of methoxy groups -OCH3 is 1. The average Bonchev–Trinajstić information content (AvgIpc) is 3.10. The third-order valence-corrected chi connectivity index (χ3v) is 4.88. The molecular weight excluding hydrogens is 330 g/mol. The normalized spacial score (nSPS) is 15.4. The molecule has 0 radical (unpaired) electrons. The molecule has 0 amide bonds. The third kappa shape index (κ3) is 3.00. The number of ether oxygens (including phenoxy) is 1. The molecule has 3 heterocycles.